The highest BCUT2D eigenvalue weighted by molar-refractivity contribution is 7.88. The summed E-state index contributed by atoms with van der Waals surface area (Å²) in [5.74, 6) is 1.55. The smallest absolute Gasteiger partial charge is 0.211 e. The number of aliphatic hydroxyl groups is 2. The fourth-order valence-electron chi connectivity index (χ4n) is 6.67. The fourth-order valence-corrected chi connectivity index (χ4v) is 7.55. The van der Waals surface area contributed by atoms with E-state index in [2.05, 4.69) is 0 Å². The Labute approximate surface area is 245 Å². The first-order chi connectivity index (χ1) is 20.0. The van der Waals surface area contributed by atoms with Gasteiger partial charge < -0.3 is 24.4 Å². The maximum atomic E-state index is 15.3. The molecule has 3 aliphatic rings. The highest BCUT2D eigenvalue weighted by Crippen LogP contribution is 2.45. The Morgan fingerprint density at radius 2 is 1.81 bits per heavy atom. The molecule has 224 valence electrons. The molecule has 0 aromatic heterocycles. The summed E-state index contributed by atoms with van der Waals surface area (Å²) in [6, 6.07) is 12.8. The van der Waals surface area contributed by atoms with Crippen LogP contribution in [-0.4, -0.2) is 61.3 Å². The summed E-state index contributed by atoms with van der Waals surface area (Å²) in [6.07, 6.45) is 1.32. The second-order valence-corrected chi connectivity index (χ2v) is 13.6. The third-order valence-electron chi connectivity index (χ3n) is 8.58. The first-order valence-electron chi connectivity index (χ1n) is 14.3. The molecule has 1 aliphatic carbocycles. The van der Waals surface area contributed by atoms with Crippen molar-refractivity contribution in [2.45, 2.75) is 63.9 Å². The number of ether oxygens (including phenoxy) is 3. The molecule has 6 rings (SSSR count). The number of nitrogens with zero attached hydrogens (tertiary/aromatic N) is 1. The number of sulfonamides is 1. The highest BCUT2D eigenvalue weighted by Gasteiger charge is 2.33. The molecule has 3 aromatic rings. The van der Waals surface area contributed by atoms with Crippen LogP contribution in [0, 0.1) is 19.7 Å². The van der Waals surface area contributed by atoms with E-state index < -0.39 is 22.4 Å². The molecule has 10 heteroatoms. The van der Waals surface area contributed by atoms with Crippen molar-refractivity contribution in [1.82, 2.24) is 4.31 Å². The lowest BCUT2D eigenvalue weighted by Gasteiger charge is -2.20. The van der Waals surface area contributed by atoms with Crippen LogP contribution in [0.2, 0.25) is 0 Å². The Morgan fingerprint density at radius 3 is 2.50 bits per heavy atom. The molecule has 3 aromatic carbocycles. The van der Waals surface area contributed by atoms with Crippen LogP contribution in [0.5, 0.6) is 17.2 Å². The molecule has 2 heterocycles. The van der Waals surface area contributed by atoms with Crippen molar-refractivity contribution in [3.05, 3.63) is 76.1 Å². The summed E-state index contributed by atoms with van der Waals surface area (Å²) in [5, 5.41) is 18.7. The van der Waals surface area contributed by atoms with Gasteiger partial charge in [0, 0.05) is 36.1 Å². The molecular formula is C32H36FNO7S. The van der Waals surface area contributed by atoms with E-state index in [-0.39, 0.29) is 24.3 Å². The first kappa shape index (κ1) is 28.9. The van der Waals surface area contributed by atoms with E-state index in [9.17, 15) is 18.6 Å². The number of halogens is 1. The quantitative estimate of drug-likeness (QED) is 0.361. The maximum absolute atomic E-state index is 15.3. The van der Waals surface area contributed by atoms with E-state index in [1.165, 1.54) is 16.6 Å². The van der Waals surface area contributed by atoms with Gasteiger partial charge in [0.25, 0.3) is 0 Å². The number of rotatable bonds is 8. The molecule has 1 unspecified atom stereocenters. The normalized spacial score (nSPS) is 21.8. The van der Waals surface area contributed by atoms with Gasteiger partial charge in [-0.25, -0.2) is 12.8 Å². The molecule has 2 aliphatic heterocycles. The molecule has 1 fully saturated rings. The molecule has 0 spiro atoms. The van der Waals surface area contributed by atoms with Gasteiger partial charge >= 0.3 is 0 Å². The molecule has 2 N–H and O–H groups in total. The molecule has 42 heavy (non-hydrogen) atoms. The van der Waals surface area contributed by atoms with Crippen molar-refractivity contribution < 1.29 is 37.2 Å². The summed E-state index contributed by atoms with van der Waals surface area (Å²) in [5.41, 5.74) is 6.43. The van der Waals surface area contributed by atoms with Gasteiger partial charge in [0.15, 0.2) is 6.29 Å². The molecule has 8 nitrogen and oxygen atoms in total. The molecule has 1 saturated heterocycles. The van der Waals surface area contributed by atoms with Crippen molar-refractivity contribution in [3.63, 3.8) is 0 Å². The minimum absolute atomic E-state index is 0.0927. The zero-order valence-corrected chi connectivity index (χ0v) is 24.8. The van der Waals surface area contributed by atoms with Crippen LogP contribution in [0.3, 0.4) is 0 Å². The predicted octanol–water partition coefficient (Wildman–Crippen LogP) is 4.77. The monoisotopic (exact) mass is 597 g/mol. The Bertz CT molecular complexity index is 1600. The van der Waals surface area contributed by atoms with Gasteiger partial charge in [-0.1, -0.05) is 12.1 Å². The van der Waals surface area contributed by atoms with Gasteiger partial charge in [-0.2, -0.15) is 4.31 Å². The third kappa shape index (κ3) is 5.60. The van der Waals surface area contributed by atoms with Gasteiger partial charge in [-0.15, -0.1) is 0 Å². The lowest BCUT2D eigenvalue weighted by atomic mass is 9.90. The average molecular weight is 598 g/mol. The Kier molecular flexibility index (Phi) is 7.67. The second kappa shape index (κ2) is 11.1. The van der Waals surface area contributed by atoms with Crippen LogP contribution < -0.4 is 14.2 Å². The van der Waals surface area contributed by atoms with Crippen molar-refractivity contribution in [2.24, 2.45) is 0 Å². The second-order valence-electron chi connectivity index (χ2n) is 11.6. The van der Waals surface area contributed by atoms with Crippen LogP contribution in [0.1, 0.15) is 59.1 Å². The molecule has 0 radical (unpaired) electrons. The van der Waals surface area contributed by atoms with Crippen molar-refractivity contribution in [3.8, 4) is 28.4 Å². The maximum Gasteiger partial charge on any atom is 0.211 e. The Morgan fingerprint density at radius 1 is 1.05 bits per heavy atom. The fraction of sp³-hybridized carbons (Fsp3) is 0.438. The number of aryl methyl sites for hydroxylation is 2. The standard InChI is InChI=1S/C32H36FNO7S/c1-18-12-23(40-22-10-11-34(16-22)42(3,37)38)13-19(2)31(18)25-6-8-27(33)32-26(25)7-9-28(32)41-21-4-5-24-20(14-30(35)36)17-39-29(24)15-21/h4-6,8,12-13,15,20,22,28,30,35-36H,7,9-11,14,16-17H2,1-3H3/t20-,22?,28-/m1/s1. The molecule has 3 atom stereocenters. The van der Waals surface area contributed by atoms with Gasteiger partial charge in [0.1, 0.15) is 35.3 Å². The first-order valence-corrected chi connectivity index (χ1v) is 16.2. The molecule has 0 amide bonds. The van der Waals surface area contributed by atoms with Gasteiger partial charge in [0.05, 0.1) is 19.4 Å². The number of hydrogen-bond acceptors (Lipinski definition) is 7. The summed E-state index contributed by atoms with van der Waals surface area (Å²) in [4.78, 5) is 0. The Hall–Kier alpha value is -3.18. The minimum atomic E-state index is -3.24. The van der Waals surface area contributed by atoms with Crippen LogP contribution in [0.4, 0.5) is 4.39 Å². The van der Waals surface area contributed by atoms with E-state index in [4.69, 9.17) is 14.2 Å². The van der Waals surface area contributed by atoms with Crippen LogP contribution in [0.15, 0.2) is 42.5 Å². The van der Waals surface area contributed by atoms with E-state index >= 15 is 4.39 Å². The minimum Gasteiger partial charge on any atom is -0.493 e. The predicted molar refractivity (Wildman–Crippen MR) is 156 cm³/mol. The number of aliphatic hydroxyl groups excluding tert-OH is 1. The van der Waals surface area contributed by atoms with Crippen molar-refractivity contribution in [2.75, 3.05) is 26.0 Å². The summed E-state index contributed by atoms with van der Waals surface area (Å²) in [7, 11) is -3.24. The lowest BCUT2D eigenvalue weighted by molar-refractivity contribution is -0.0506. The van der Waals surface area contributed by atoms with E-state index in [1.807, 2.05) is 44.2 Å². The highest BCUT2D eigenvalue weighted by atomic mass is 32.2. The van der Waals surface area contributed by atoms with Crippen LogP contribution in [0.25, 0.3) is 11.1 Å². The summed E-state index contributed by atoms with van der Waals surface area (Å²) in [6.45, 7) is 5.20. The summed E-state index contributed by atoms with van der Waals surface area (Å²) >= 11 is 0. The van der Waals surface area contributed by atoms with E-state index in [0.29, 0.717) is 61.8 Å². The number of hydrogen-bond donors (Lipinski definition) is 2. The van der Waals surface area contributed by atoms with Crippen molar-refractivity contribution in [1.29, 1.82) is 0 Å². The zero-order chi connectivity index (χ0) is 29.8. The van der Waals surface area contributed by atoms with E-state index in [1.54, 1.807) is 6.07 Å². The third-order valence-corrected chi connectivity index (χ3v) is 9.85. The SMILES string of the molecule is Cc1cc(OC2CCN(S(C)(=O)=O)C2)cc(C)c1-c1ccc(F)c2c1CC[C@H]2Oc1ccc2c(c1)OC[C@H]2CC(O)O. The largest absolute Gasteiger partial charge is 0.493 e. The molecule has 0 bridgehead atoms. The average Bonchev–Trinajstić information content (AvgIpc) is 3.64. The molecule has 0 saturated carbocycles. The van der Waals surface area contributed by atoms with E-state index in [0.717, 1.165) is 33.4 Å². The van der Waals surface area contributed by atoms with Crippen molar-refractivity contribution >= 4 is 10.0 Å². The Balaban J connectivity index is 1.23. The topological polar surface area (TPSA) is 106 Å². The number of fused-ring (bicyclic) bond motifs is 2. The number of benzene rings is 3. The van der Waals surface area contributed by atoms with Gasteiger partial charge in [-0.05, 0) is 85.2 Å². The van der Waals surface area contributed by atoms with Crippen LogP contribution in [-0.2, 0) is 16.4 Å². The van der Waals surface area contributed by atoms with Gasteiger partial charge in [-0.3, -0.25) is 0 Å². The summed E-state index contributed by atoms with van der Waals surface area (Å²) < 4.78 is 58.8. The molecular weight excluding hydrogens is 561 g/mol. The van der Waals surface area contributed by atoms with Crippen LogP contribution >= 0.6 is 0 Å². The van der Waals surface area contributed by atoms with Gasteiger partial charge in [0.2, 0.25) is 10.0 Å². The zero-order valence-electron chi connectivity index (χ0n) is 24.0. The lowest BCUT2D eigenvalue weighted by Crippen LogP contribution is -2.29.